The molecule has 130 valence electrons. The molecule has 0 unspecified atom stereocenters. The molecule has 0 aliphatic carbocycles. The number of anilines is 1. The Morgan fingerprint density at radius 3 is 2.24 bits per heavy atom. The van der Waals surface area contributed by atoms with Crippen molar-refractivity contribution in [2.24, 2.45) is 0 Å². The zero-order chi connectivity index (χ0) is 17.6. The van der Waals surface area contributed by atoms with Gasteiger partial charge in [-0.3, -0.25) is 9.59 Å². The van der Waals surface area contributed by atoms with Crippen molar-refractivity contribution in [1.82, 2.24) is 10.2 Å². The monoisotopic (exact) mass is 341 g/mol. The second kappa shape index (κ2) is 7.79. The molecule has 6 heteroatoms. The number of nitrogens with zero attached hydrogens (tertiary/aromatic N) is 2. The lowest BCUT2D eigenvalue weighted by molar-refractivity contribution is -0.130. The van der Waals surface area contributed by atoms with Gasteiger partial charge in [0.1, 0.15) is 5.82 Å². The van der Waals surface area contributed by atoms with Crippen molar-refractivity contribution in [2.75, 3.05) is 37.6 Å². The van der Waals surface area contributed by atoms with E-state index in [9.17, 15) is 14.0 Å². The summed E-state index contributed by atoms with van der Waals surface area (Å²) in [6, 6.07) is 15.8. The molecular formula is C19H20FN3O2. The van der Waals surface area contributed by atoms with Crippen LogP contribution < -0.4 is 10.2 Å². The Morgan fingerprint density at radius 1 is 0.920 bits per heavy atom. The van der Waals surface area contributed by atoms with E-state index in [-0.39, 0.29) is 18.0 Å². The molecule has 1 N–H and O–H groups in total. The molecule has 1 aliphatic heterocycles. The molecule has 0 spiro atoms. The van der Waals surface area contributed by atoms with Crippen LogP contribution in [0.25, 0.3) is 0 Å². The van der Waals surface area contributed by atoms with Gasteiger partial charge in [-0.1, -0.05) is 30.3 Å². The Bertz CT molecular complexity index is 743. The summed E-state index contributed by atoms with van der Waals surface area (Å²) in [6.45, 7) is 2.57. The molecule has 2 aromatic rings. The molecule has 1 aliphatic rings. The minimum absolute atomic E-state index is 0.0517. The van der Waals surface area contributed by atoms with Crippen molar-refractivity contribution in [3.8, 4) is 0 Å². The molecule has 0 radical (unpaired) electrons. The third kappa shape index (κ3) is 4.15. The van der Waals surface area contributed by atoms with Crippen LogP contribution in [-0.2, 0) is 4.79 Å². The highest BCUT2D eigenvalue weighted by molar-refractivity contribution is 5.96. The summed E-state index contributed by atoms with van der Waals surface area (Å²) in [5.74, 6) is -1.32. The normalized spacial score (nSPS) is 14.3. The Morgan fingerprint density at radius 2 is 1.56 bits per heavy atom. The average molecular weight is 341 g/mol. The fraction of sp³-hybridized carbons (Fsp3) is 0.263. The molecule has 2 amide bonds. The molecule has 5 nitrogen and oxygen atoms in total. The molecule has 1 fully saturated rings. The highest BCUT2D eigenvalue weighted by Gasteiger charge is 2.22. The fourth-order valence-electron chi connectivity index (χ4n) is 2.86. The highest BCUT2D eigenvalue weighted by Crippen LogP contribution is 2.15. The van der Waals surface area contributed by atoms with E-state index in [0.29, 0.717) is 13.1 Å². The van der Waals surface area contributed by atoms with Crippen molar-refractivity contribution < 1.29 is 14.0 Å². The number of piperazine rings is 1. The van der Waals surface area contributed by atoms with Gasteiger partial charge >= 0.3 is 0 Å². The lowest BCUT2D eigenvalue weighted by Gasteiger charge is -2.36. The van der Waals surface area contributed by atoms with Gasteiger partial charge in [0, 0.05) is 31.9 Å². The van der Waals surface area contributed by atoms with Crippen molar-refractivity contribution in [3.63, 3.8) is 0 Å². The maximum atomic E-state index is 13.6. The van der Waals surface area contributed by atoms with Gasteiger partial charge in [0.05, 0.1) is 12.1 Å². The number of hydrogen-bond donors (Lipinski definition) is 1. The van der Waals surface area contributed by atoms with Gasteiger partial charge < -0.3 is 15.1 Å². The number of carbonyl (C=O) groups excluding carboxylic acids is 2. The quantitative estimate of drug-likeness (QED) is 0.924. The second-order valence-electron chi connectivity index (χ2n) is 5.87. The second-order valence-corrected chi connectivity index (χ2v) is 5.87. The van der Waals surface area contributed by atoms with Crippen LogP contribution in [0.15, 0.2) is 54.6 Å². The summed E-state index contributed by atoms with van der Waals surface area (Å²) < 4.78 is 13.6. The van der Waals surface area contributed by atoms with E-state index in [1.807, 2.05) is 30.3 Å². The van der Waals surface area contributed by atoms with Crippen molar-refractivity contribution in [1.29, 1.82) is 0 Å². The van der Waals surface area contributed by atoms with Crippen molar-refractivity contribution in [2.45, 2.75) is 0 Å². The predicted molar refractivity (Wildman–Crippen MR) is 94.0 cm³/mol. The summed E-state index contributed by atoms with van der Waals surface area (Å²) >= 11 is 0. The maximum absolute atomic E-state index is 13.6. The van der Waals surface area contributed by atoms with E-state index in [2.05, 4.69) is 10.2 Å². The molecular weight excluding hydrogens is 321 g/mol. The first-order valence-electron chi connectivity index (χ1n) is 8.25. The summed E-state index contributed by atoms with van der Waals surface area (Å²) in [5.41, 5.74) is 1.09. The minimum Gasteiger partial charge on any atom is -0.368 e. The molecule has 25 heavy (non-hydrogen) atoms. The van der Waals surface area contributed by atoms with Crippen LogP contribution in [0.2, 0.25) is 0 Å². The zero-order valence-corrected chi connectivity index (χ0v) is 13.8. The van der Waals surface area contributed by atoms with E-state index in [4.69, 9.17) is 0 Å². The van der Waals surface area contributed by atoms with E-state index in [1.54, 1.807) is 11.0 Å². The number of amides is 2. The lowest BCUT2D eigenvalue weighted by Crippen LogP contribution is -2.51. The Labute approximate surface area is 146 Å². The molecule has 0 aromatic heterocycles. The van der Waals surface area contributed by atoms with Crippen LogP contribution in [0.5, 0.6) is 0 Å². The van der Waals surface area contributed by atoms with E-state index >= 15 is 0 Å². The Kier molecular flexibility index (Phi) is 5.28. The van der Waals surface area contributed by atoms with Crippen molar-refractivity contribution >= 4 is 17.5 Å². The number of halogens is 1. The minimum atomic E-state index is -0.594. The third-order valence-corrected chi connectivity index (χ3v) is 4.27. The van der Waals surface area contributed by atoms with Gasteiger partial charge in [-0.05, 0) is 24.3 Å². The van der Waals surface area contributed by atoms with Crippen LogP contribution in [0.1, 0.15) is 10.4 Å². The molecule has 1 heterocycles. The van der Waals surface area contributed by atoms with Gasteiger partial charge in [-0.15, -0.1) is 0 Å². The number of hydrogen-bond acceptors (Lipinski definition) is 3. The topological polar surface area (TPSA) is 52.7 Å². The van der Waals surface area contributed by atoms with Gasteiger partial charge in [-0.25, -0.2) is 4.39 Å². The molecule has 0 saturated carbocycles. The highest BCUT2D eigenvalue weighted by atomic mass is 19.1. The van der Waals surface area contributed by atoms with Crippen LogP contribution in [0.4, 0.5) is 10.1 Å². The number of nitrogens with one attached hydrogen (secondary N) is 1. The molecule has 0 bridgehead atoms. The Hall–Kier alpha value is -2.89. The molecule has 2 aromatic carbocycles. The number of para-hydroxylation sites is 1. The Balaban J connectivity index is 1.48. The predicted octanol–water partition coefficient (Wildman–Crippen LogP) is 1.90. The summed E-state index contributed by atoms with van der Waals surface area (Å²) in [4.78, 5) is 28.2. The lowest BCUT2D eigenvalue weighted by atomic mass is 10.2. The van der Waals surface area contributed by atoms with Crippen molar-refractivity contribution in [3.05, 3.63) is 66.0 Å². The van der Waals surface area contributed by atoms with Gasteiger partial charge in [0.2, 0.25) is 5.91 Å². The molecule has 1 saturated heterocycles. The molecule has 3 rings (SSSR count). The standard InChI is InChI=1S/C19H20FN3O2/c20-17-9-5-4-8-16(17)19(25)21-14-18(24)23-12-10-22(11-13-23)15-6-2-1-3-7-15/h1-9H,10-14H2,(H,21,25). The van der Waals surface area contributed by atoms with E-state index in [1.165, 1.54) is 18.2 Å². The first-order valence-corrected chi connectivity index (χ1v) is 8.25. The smallest absolute Gasteiger partial charge is 0.254 e. The van der Waals surface area contributed by atoms with Crippen LogP contribution in [0, 0.1) is 5.82 Å². The van der Waals surface area contributed by atoms with Crippen LogP contribution >= 0.6 is 0 Å². The largest absolute Gasteiger partial charge is 0.368 e. The summed E-state index contributed by atoms with van der Waals surface area (Å²) in [7, 11) is 0. The average Bonchev–Trinajstić information content (AvgIpc) is 2.67. The van der Waals surface area contributed by atoms with E-state index in [0.717, 1.165) is 18.8 Å². The molecule has 0 atom stereocenters. The van der Waals surface area contributed by atoms with Gasteiger partial charge in [0.25, 0.3) is 5.91 Å². The van der Waals surface area contributed by atoms with Gasteiger partial charge in [-0.2, -0.15) is 0 Å². The van der Waals surface area contributed by atoms with Crippen LogP contribution in [0.3, 0.4) is 0 Å². The third-order valence-electron chi connectivity index (χ3n) is 4.27. The van der Waals surface area contributed by atoms with E-state index < -0.39 is 11.7 Å². The first kappa shape index (κ1) is 17.0. The SMILES string of the molecule is O=C(NCC(=O)N1CCN(c2ccccc2)CC1)c1ccccc1F. The number of carbonyl (C=O) groups is 2. The maximum Gasteiger partial charge on any atom is 0.254 e. The zero-order valence-electron chi connectivity index (χ0n) is 13.8. The van der Waals surface area contributed by atoms with Crippen LogP contribution in [-0.4, -0.2) is 49.4 Å². The number of benzene rings is 2. The first-order chi connectivity index (χ1) is 12.1. The number of rotatable bonds is 4. The summed E-state index contributed by atoms with van der Waals surface area (Å²) in [6.07, 6.45) is 0. The fourth-order valence-corrected chi connectivity index (χ4v) is 2.86. The van der Waals surface area contributed by atoms with Gasteiger partial charge in [0.15, 0.2) is 0 Å². The summed E-state index contributed by atoms with van der Waals surface area (Å²) in [5, 5.41) is 2.50.